The molecule has 0 atom stereocenters. The van der Waals surface area contributed by atoms with Crippen LogP contribution >= 0.6 is 0 Å². The third kappa shape index (κ3) is 2.40. The number of benzene rings is 1. The summed E-state index contributed by atoms with van der Waals surface area (Å²) in [5.41, 5.74) is 8.19. The van der Waals surface area contributed by atoms with Gasteiger partial charge in [0.2, 0.25) is 0 Å². The van der Waals surface area contributed by atoms with Gasteiger partial charge < -0.3 is 5.73 Å². The van der Waals surface area contributed by atoms with Gasteiger partial charge in [-0.05, 0) is 43.4 Å². The van der Waals surface area contributed by atoms with Crippen molar-refractivity contribution < 1.29 is 4.39 Å². The molecular weight excluding hydrogens is 203 g/mol. The van der Waals surface area contributed by atoms with Crippen LogP contribution in [0.2, 0.25) is 0 Å². The molecule has 16 heavy (non-hydrogen) atoms. The molecule has 1 aliphatic rings. The van der Waals surface area contributed by atoms with Gasteiger partial charge >= 0.3 is 0 Å². The number of hydrogen-bond donors (Lipinski definition) is 1. The summed E-state index contributed by atoms with van der Waals surface area (Å²) >= 11 is 0. The van der Waals surface area contributed by atoms with E-state index in [2.05, 4.69) is 4.99 Å². The number of rotatable bonds is 3. The third-order valence-corrected chi connectivity index (χ3v) is 2.94. The Hall–Kier alpha value is -1.38. The molecule has 2 N–H and O–H groups in total. The van der Waals surface area contributed by atoms with Gasteiger partial charge in [-0.2, -0.15) is 0 Å². The number of aryl methyl sites for hydroxylation is 2. The average Bonchev–Trinajstić information content (AvgIpc) is 3.05. The lowest BCUT2D eigenvalue weighted by atomic mass is 10.1. The zero-order valence-corrected chi connectivity index (χ0v) is 9.76. The standard InChI is InChI=1S/C13H17FN2/c1-8-5-10(6-9(2)12(8)14)7-16-13(15)11-3-4-11/h5-6,11H,3-4,7H2,1-2H3,(H2,15,16). The maximum absolute atomic E-state index is 13.4. The van der Waals surface area contributed by atoms with E-state index >= 15 is 0 Å². The monoisotopic (exact) mass is 220 g/mol. The minimum atomic E-state index is -0.122. The summed E-state index contributed by atoms with van der Waals surface area (Å²) in [4.78, 5) is 4.34. The number of amidine groups is 1. The number of nitrogens with zero attached hydrogens (tertiary/aromatic N) is 1. The fourth-order valence-electron chi connectivity index (χ4n) is 1.82. The van der Waals surface area contributed by atoms with Crippen molar-refractivity contribution in [1.82, 2.24) is 0 Å². The molecule has 0 spiro atoms. The van der Waals surface area contributed by atoms with E-state index in [1.54, 1.807) is 13.8 Å². The van der Waals surface area contributed by atoms with E-state index < -0.39 is 0 Å². The third-order valence-electron chi connectivity index (χ3n) is 2.94. The summed E-state index contributed by atoms with van der Waals surface area (Å²) in [7, 11) is 0. The molecule has 2 nitrogen and oxygen atoms in total. The fraction of sp³-hybridized carbons (Fsp3) is 0.462. The van der Waals surface area contributed by atoms with Crippen molar-refractivity contribution in [2.75, 3.05) is 0 Å². The molecule has 0 bridgehead atoms. The number of nitrogens with two attached hydrogens (primary N) is 1. The molecule has 1 fully saturated rings. The summed E-state index contributed by atoms with van der Waals surface area (Å²) in [6, 6.07) is 3.68. The second-order valence-corrected chi connectivity index (χ2v) is 4.56. The summed E-state index contributed by atoms with van der Waals surface area (Å²) in [6.45, 7) is 4.11. The second-order valence-electron chi connectivity index (χ2n) is 4.56. The van der Waals surface area contributed by atoms with Crippen LogP contribution in [0.15, 0.2) is 17.1 Å². The molecule has 1 aliphatic carbocycles. The average molecular weight is 220 g/mol. The van der Waals surface area contributed by atoms with Crippen molar-refractivity contribution in [2.24, 2.45) is 16.6 Å². The van der Waals surface area contributed by atoms with Gasteiger partial charge in [-0.15, -0.1) is 0 Å². The molecule has 1 aromatic rings. The van der Waals surface area contributed by atoms with Gasteiger partial charge in [0, 0.05) is 5.92 Å². The van der Waals surface area contributed by atoms with E-state index in [4.69, 9.17) is 5.73 Å². The largest absolute Gasteiger partial charge is 0.387 e. The van der Waals surface area contributed by atoms with Gasteiger partial charge in [-0.1, -0.05) is 12.1 Å². The van der Waals surface area contributed by atoms with Gasteiger partial charge in [-0.3, -0.25) is 4.99 Å². The van der Waals surface area contributed by atoms with Crippen molar-refractivity contribution >= 4 is 5.84 Å². The Morgan fingerprint density at radius 1 is 1.38 bits per heavy atom. The molecule has 86 valence electrons. The quantitative estimate of drug-likeness (QED) is 0.617. The van der Waals surface area contributed by atoms with Crippen LogP contribution in [0, 0.1) is 25.6 Å². The van der Waals surface area contributed by atoms with Crippen LogP contribution in [-0.4, -0.2) is 5.84 Å². The van der Waals surface area contributed by atoms with Crippen molar-refractivity contribution in [3.8, 4) is 0 Å². The van der Waals surface area contributed by atoms with Crippen LogP contribution in [0.1, 0.15) is 29.5 Å². The molecule has 0 aliphatic heterocycles. The molecule has 3 heteroatoms. The normalized spacial score (nSPS) is 16.6. The Labute approximate surface area is 95.4 Å². The van der Waals surface area contributed by atoms with E-state index in [1.807, 2.05) is 12.1 Å². The number of halogens is 1. The molecule has 0 aromatic heterocycles. The van der Waals surface area contributed by atoms with Gasteiger partial charge in [0.25, 0.3) is 0 Å². The van der Waals surface area contributed by atoms with Crippen molar-refractivity contribution in [3.63, 3.8) is 0 Å². The van der Waals surface area contributed by atoms with E-state index in [0.717, 1.165) is 24.2 Å². The van der Waals surface area contributed by atoms with E-state index in [9.17, 15) is 4.39 Å². The molecule has 1 aromatic carbocycles. The Kier molecular flexibility index (Phi) is 2.95. The number of hydrogen-bond acceptors (Lipinski definition) is 1. The van der Waals surface area contributed by atoms with Gasteiger partial charge in [0.05, 0.1) is 12.4 Å². The SMILES string of the molecule is Cc1cc(CN=C(N)C2CC2)cc(C)c1F. The lowest BCUT2D eigenvalue weighted by molar-refractivity contribution is 0.608. The first-order valence-corrected chi connectivity index (χ1v) is 5.63. The van der Waals surface area contributed by atoms with Crippen LogP contribution in [0.4, 0.5) is 4.39 Å². The maximum atomic E-state index is 13.4. The van der Waals surface area contributed by atoms with Crippen LogP contribution < -0.4 is 5.73 Å². The Morgan fingerprint density at radius 2 is 1.94 bits per heavy atom. The molecule has 2 rings (SSSR count). The lowest BCUT2D eigenvalue weighted by Gasteiger charge is -2.05. The molecule has 0 amide bonds. The fourth-order valence-corrected chi connectivity index (χ4v) is 1.82. The number of aliphatic imine (C=N–C) groups is 1. The van der Waals surface area contributed by atoms with Crippen molar-refractivity contribution in [3.05, 3.63) is 34.6 Å². The second kappa shape index (κ2) is 4.24. The minimum absolute atomic E-state index is 0.122. The van der Waals surface area contributed by atoms with E-state index in [-0.39, 0.29) is 5.82 Å². The summed E-state index contributed by atoms with van der Waals surface area (Å²) < 4.78 is 13.4. The highest BCUT2D eigenvalue weighted by atomic mass is 19.1. The topological polar surface area (TPSA) is 38.4 Å². The first-order chi connectivity index (χ1) is 7.58. The first kappa shape index (κ1) is 11.1. The van der Waals surface area contributed by atoms with E-state index in [0.29, 0.717) is 23.6 Å². The smallest absolute Gasteiger partial charge is 0.129 e. The van der Waals surface area contributed by atoms with Crippen molar-refractivity contribution in [2.45, 2.75) is 33.2 Å². The molecule has 0 heterocycles. The molecule has 0 unspecified atom stereocenters. The predicted octanol–water partition coefficient (Wildman–Crippen LogP) is 2.71. The Balaban J connectivity index is 2.12. The van der Waals surface area contributed by atoms with E-state index in [1.165, 1.54) is 0 Å². The predicted molar refractivity (Wildman–Crippen MR) is 63.9 cm³/mol. The van der Waals surface area contributed by atoms with Gasteiger partial charge in [0.15, 0.2) is 0 Å². The lowest BCUT2D eigenvalue weighted by Crippen LogP contribution is -2.14. The highest BCUT2D eigenvalue weighted by Gasteiger charge is 2.25. The molecular formula is C13H17FN2. The molecule has 0 saturated heterocycles. The maximum Gasteiger partial charge on any atom is 0.129 e. The van der Waals surface area contributed by atoms with Gasteiger partial charge in [-0.25, -0.2) is 4.39 Å². The first-order valence-electron chi connectivity index (χ1n) is 5.63. The molecule has 0 radical (unpaired) electrons. The summed E-state index contributed by atoms with van der Waals surface area (Å²) in [6.07, 6.45) is 2.33. The Morgan fingerprint density at radius 3 is 2.44 bits per heavy atom. The zero-order valence-electron chi connectivity index (χ0n) is 9.76. The zero-order chi connectivity index (χ0) is 11.7. The highest BCUT2D eigenvalue weighted by Crippen LogP contribution is 2.29. The van der Waals surface area contributed by atoms with Gasteiger partial charge in [0.1, 0.15) is 5.82 Å². The summed E-state index contributed by atoms with van der Waals surface area (Å²) in [5.74, 6) is 1.13. The van der Waals surface area contributed by atoms with Crippen LogP contribution in [-0.2, 0) is 6.54 Å². The highest BCUT2D eigenvalue weighted by molar-refractivity contribution is 5.84. The van der Waals surface area contributed by atoms with Crippen LogP contribution in [0.5, 0.6) is 0 Å². The summed E-state index contributed by atoms with van der Waals surface area (Å²) in [5, 5.41) is 0. The van der Waals surface area contributed by atoms with Crippen molar-refractivity contribution in [1.29, 1.82) is 0 Å². The minimum Gasteiger partial charge on any atom is -0.387 e. The Bertz CT molecular complexity index is 411. The van der Waals surface area contributed by atoms with Crippen LogP contribution in [0.3, 0.4) is 0 Å². The molecule has 1 saturated carbocycles. The van der Waals surface area contributed by atoms with Crippen LogP contribution in [0.25, 0.3) is 0 Å².